The minimum absolute atomic E-state index is 0.472. The van der Waals surface area contributed by atoms with Crippen molar-refractivity contribution in [1.29, 1.82) is 0 Å². The minimum Gasteiger partial charge on any atom is -0.382 e. The molecule has 0 aromatic carbocycles. The summed E-state index contributed by atoms with van der Waals surface area (Å²) < 4.78 is 253. The molecule has 0 aromatic rings. The smallest absolute Gasteiger partial charge is 0.0701 e. The Labute approximate surface area is 823 Å². The molecule has 0 aliphatic rings. The molecule has 0 rings (SSSR count). The van der Waals surface area contributed by atoms with Crippen LogP contribution in [0.1, 0.15) is 0 Å². The van der Waals surface area contributed by atoms with Gasteiger partial charge in [0.25, 0.3) is 0 Å². The summed E-state index contributed by atoms with van der Waals surface area (Å²) in [6, 6.07) is 0. The molecule has 0 radical (unpaired) electrons. The number of hydrogen-bond donors (Lipinski definition) is 0. The van der Waals surface area contributed by atoms with E-state index in [1.165, 1.54) is 0 Å². The van der Waals surface area contributed by atoms with E-state index in [1.807, 2.05) is 0 Å². The highest BCUT2D eigenvalue weighted by Crippen LogP contribution is 1.97. The van der Waals surface area contributed by atoms with E-state index in [9.17, 15) is 0 Å². The molecule has 0 unspecified atom stereocenters. The van der Waals surface area contributed by atoms with Crippen LogP contribution in [0, 0.1) is 0 Å². The first-order chi connectivity index (χ1) is 68.9. The zero-order valence-electron chi connectivity index (χ0n) is 84.4. The van der Waals surface area contributed by atoms with E-state index < -0.39 is 0 Å². The fourth-order valence-electron chi connectivity index (χ4n) is 9.84. The van der Waals surface area contributed by atoms with Crippen LogP contribution in [-0.4, -0.2) is 609 Å². The molecule has 138 heavy (non-hydrogen) atoms. The number of methoxy groups -OCH3 is 2. The third-order valence-electron chi connectivity index (χ3n) is 16.9. The van der Waals surface area contributed by atoms with Crippen molar-refractivity contribution < 1.29 is 218 Å². The summed E-state index contributed by atoms with van der Waals surface area (Å²) >= 11 is 0. The van der Waals surface area contributed by atoms with E-state index in [0.29, 0.717) is 595 Å². The monoisotopic (exact) mass is 2030 g/mol. The highest BCUT2D eigenvalue weighted by Gasteiger charge is 2.06. The topological polar surface area (TPSA) is 425 Å². The number of hydrogen-bond acceptors (Lipinski definition) is 46. The molecule has 0 aliphatic heterocycles. The van der Waals surface area contributed by atoms with Crippen LogP contribution in [-0.2, 0) is 218 Å². The minimum atomic E-state index is 0.472. The maximum absolute atomic E-state index is 5.55. The molecule has 0 saturated heterocycles. The largest absolute Gasteiger partial charge is 0.382 e. The fourth-order valence-corrected chi connectivity index (χ4v) is 9.84. The Balaban J connectivity index is 3.10. The maximum atomic E-state index is 5.55. The van der Waals surface area contributed by atoms with Gasteiger partial charge in [-0.2, -0.15) is 0 Å². The van der Waals surface area contributed by atoms with E-state index in [2.05, 4.69) is 0 Å². The van der Waals surface area contributed by atoms with Gasteiger partial charge in [0.1, 0.15) is 0 Å². The standard InChI is InChI=1S/C92H186O46/c1-93-3-5-95-7-9-97-11-13-99-15-17-101-19-21-103-23-25-105-27-29-107-31-33-109-35-37-111-39-41-113-43-45-115-47-49-117-51-53-119-55-57-121-59-61-123-63-65-125-67-69-127-71-73-129-75-77-131-79-81-133-83-85-135-87-89-137-91-92-138-90-88-136-86-84-134-82-80-132-78-76-130-74-72-128-70-68-126-66-64-124-62-60-122-58-56-120-54-52-118-50-48-116-46-44-114-42-40-112-38-36-110-34-32-108-30-28-106-26-24-104-22-20-102-18-16-100-14-12-98-10-8-96-6-4-94-2/h3-92H2,1-2H3. The quantitative estimate of drug-likeness (QED) is 0.0767. The highest BCUT2D eigenvalue weighted by atomic mass is 16.7. The van der Waals surface area contributed by atoms with Crippen LogP contribution in [0.25, 0.3) is 0 Å². The normalized spacial score (nSPS) is 11.9. The predicted octanol–water partition coefficient (Wildman–Crippen LogP) is 1.01. The summed E-state index contributed by atoms with van der Waals surface area (Å²) in [5.74, 6) is 0. The summed E-state index contributed by atoms with van der Waals surface area (Å²) in [7, 11) is 3.29. The zero-order valence-corrected chi connectivity index (χ0v) is 84.4. The highest BCUT2D eigenvalue weighted by molar-refractivity contribution is 4.49. The third kappa shape index (κ3) is 134. The summed E-state index contributed by atoms with van der Waals surface area (Å²) in [6.07, 6.45) is 0. The van der Waals surface area contributed by atoms with Gasteiger partial charge in [-0.3, -0.25) is 0 Å². The van der Waals surface area contributed by atoms with Gasteiger partial charge in [-0.05, 0) is 0 Å². The third-order valence-corrected chi connectivity index (χ3v) is 16.9. The van der Waals surface area contributed by atoms with Crippen molar-refractivity contribution in [2.45, 2.75) is 0 Å². The molecule has 0 N–H and O–H groups in total. The van der Waals surface area contributed by atoms with Crippen LogP contribution in [0.3, 0.4) is 0 Å². The average molecular weight is 2030 g/mol. The van der Waals surface area contributed by atoms with Gasteiger partial charge in [0.15, 0.2) is 0 Å². The Bertz CT molecular complexity index is 1760. The zero-order chi connectivity index (χ0) is 98.2. The summed E-state index contributed by atoms with van der Waals surface area (Å²) in [4.78, 5) is 0. The number of ether oxygens (including phenoxy) is 46. The molecule has 0 aromatic heterocycles. The Kier molecular flexibility index (Phi) is 133. The van der Waals surface area contributed by atoms with E-state index in [-0.39, 0.29) is 0 Å². The van der Waals surface area contributed by atoms with Crippen molar-refractivity contribution in [3.63, 3.8) is 0 Å². The van der Waals surface area contributed by atoms with Crippen LogP contribution < -0.4 is 0 Å². The average Bonchev–Trinajstić information content (AvgIpc) is 1.10. The van der Waals surface area contributed by atoms with Crippen LogP contribution in [0.4, 0.5) is 0 Å². The lowest BCUT2D eigenvalue weighted by molar-refractivity contribution is -0.0329. The Morgan fingerprint density at radius 1 is 0.0507 bits per heavy atom. The van der Waals surface area contributed by atoms with E-state index in [4.69, 9.17) is 218 Å². The van der Waals surface area contributed by atoms with Crippen molar-refractivity contribution in [3.05, 3.63) is 0 Å². The summed E-state index contributed by atoms with van der Waals surface area (Å²) in [5.41, 5.74) is 0. The lowest BCUT2D eigenvalue weighted by atomic mass is 10.6. The number of rotatable bonds is 135. The van der Waals surface area contributed by atoms with Gasteiger partial charge in [-0.15, -0.1) is 0 Å². The van der Waals surface area contributed by atoms with Crippen LogP contribution in [0.2, 0.25) is 0 Å². The Hall–Kier alpha value is -1.84. The van der Waals surface area contributed by atoms with Gasteiger partial charge in [0.05, 0.1) is 595 Å². The van der Waals surface area contributed by atoms with E-state index in [1.54, 1.807) is 14.2 Å². The first-order valence-electron chi connectivity index (χ1n) is 49.3. The Morgan fingerprint density at radius 3 is 0.109 bits per heavy atom. The fraction of sp³-hybridized carbons (Fsp3) is 1.00. The predicted molar refractivity (Wildman–Crippen MR) is 500 cm³/mol. The molecule has 0 bridgehead atoms. The van der Waals surface area contributed by atoms with E-state index >= 15 is 0 Å². The molecular weight excluding hydrogens is 1840 g/mol. The molecule has 0 heterocycles. The molecule has 0 fully saturated rings. The van der Waals surface area contributed by atoms with Crippen LogP contribution in [0.15, 0.2) is 0 Å². The van der Waals surface area contributed by atoms with Gasteiger partial charge in [0.2, 0.25) is 0 Å². The van der Waals surface area contributed by atoms with E-state index in [0.717, 1.165) is 0 Å². The Morgan fingerprint density at radius 2 is 0.0797 bits per heavy atom. The van der Waals surface area contributed by atoms with Crippen molar-refractivity contribution >= 4 is 0 Å². The van der Waals surface area contributed by atoms with Gasteiger partial charge in [0, 0.05) is 14.2 Å². The lowest BCUT2D eigenvalue weighted by Crippen LogP contribution is -2.16. The van der Waals surface area contributed by atoms with Gasteiger partial charge in [-0.1, -0.05) is 0 Å². The summed E-state index contributed by atoms with van der Waals surface area (Å²) in [5, 5.41) is 0. The second-order valence-electron chi connectivity index (χ2n) is 27.9. The molecule has 830 valence electrons. The first kappa shape index (κ1) is 136. The van der Waals surface area contributed by atoms with Crippen LogP contribution >= 0.6 is 0 Å². The molecular formula is C92H186O46. The molecule has 0 spiro atoms. The SMILES string of the molecule is COCCOCCOCCOCCOCCOCCOCCOCCOCCOCCOCCOCCOCCOCCOCCOCCOCCOCCOCCOCCOCCOCCOCCOCCOCCOCCOCCOCCOCCOCCOCCOCCOCCOCCOCCOCCOCCOCCOCCOCCOCCOCCOCCOCCOCCOC. The van der Waals surface area contributed by atoms with Gasteiger partial charge >= 0.3 is 0 Å². The van der Waals surface area contributed by atoms with Gasteiger partial charge in [-0.25, -0.2) is 0 Å². The molecule has 0 amide bonds. The summed E-state index contributed by atoms with van der Waals surface area (Å²) in [6.45, 7) is 44.0. The molecule has 0 saturated carbocycles. The van der Waals surface area contributed by atoms with Crippen molar-refractivity contribution in [1.82, 2.24) is 0 Å². The molecule has 0 aliphatic carbocycles. The second-order valence-corrected chi connectivity index (χ2v) is 27.9. The van der Waals surface area contributed by atoms with Crippen molar-refractivity contribution in [3.8, 4) is 0 Å². The van der Waals surface area contributed by atoms with Gasteiger partial charge < -0.3 is 218 Å². The van der Waals surface area contributed by atoms with Crippen LogP contribution in [0.5, 0.6) is 0 Å². The first-order valence-corrected chi connectivity index (χ1v) is 49.3. The van der Waals surface area contributed by atoms with Crippen molar-refractivity contribution in [2.75, 3.05) is 609 Å². The second kappa shape index (κ2) is 135. The molecule has 46 heteroatoms. The van der Waals surface area contributed by atoms with Crippen molar-refractivity contribution in [2.24, 2.45) is 0 Å². The maximum Gasteiger partial charge on any atom is 0.0701 e. The molecule has 0 atom stereocenters. The molecule has 46 nitrogen and oxygen atoms in total. The lowest BCUT2D eigenvalue weighted by Gasteiger charge is -2.09.